The largest absolute Gasteiger partial charge is 0.324 e. The smallest absolute Gasteiger partial charge is 0.321 e. The highest BCUT2D eigenvalue weighted by Gasteiger charge is 2.35. The van der Waals surface area contributed by atoms with E-state index in [2.05, 4.69) is 36.5 Å². The number of nitrogens with zero attached hydrogens (tertiary/aromatic N) is 2. The monoisotopic (exact) mass is 421 g/mol. The molecule has 2 amide bonds. The molecule has 1 aromatic carbocycles. The lowest BCUT2D eigenvalue weighted by atomic mass is 10.0. The number of amides is 2. The maximum absolute atomic E-state index is 12.9. The number of benzene rings is 1. The zero-order valence-corrected chi connectivity index (χ0v) is 19.2. The van der Waals surface area contributed by atoms with Crippen LogP contribution < -0.4 is 10.2 Å². The normalized spacial score (nSPS) is 20.4. The Kier molecular flexibility index (Phi) is 10.3. The van der Waals surface area contributed by atoms with Gasteiger partial charge in [0.2, 0.25) is 0 Å². The van der Waals surface area contributed by atoms with Crippen LogP contribution >= 0.6 is 12.4 Å². The van der Waals surface area contributed by atoms with Crippen molar-refractivity contribution >= 4 is 24.1 Å². The summed E-state index contributed by atoms with van der Waals surface area (Å²) in [4.78, 5) is 16.7. The van der Waals surface area contributed by atoms with Crippen molar-refractivity contribution in [2.24, 2.45) is 0 Å². The van der Waals surface area contributed by atoms with Gasteiger partial charge >= 0.3 is 6.03 Å². The lowest BCUT2D eigenvalue weighted by Gasteiger charge is -2.35. The Morgan fingerprint density at radius 3 is 2.10 bits per heavy atom. The van der Waals surface area contributed by atoms with Gasteiger partial charge in [0.1, 0.15) is 0 Å². The minimum Gasteiger partial charge on any atom is -0.321 e. The molecule has 2 bridgehead atoms. The first-order valence-electron chi connectivity index (χ1n) is 11.5. The molecule has 0 aliphatic carbocycles. The third-order valence-electron chi connectivity index (χ3n) is 6.42. The molecule has 3 rings (SSSR count). The number of halogens is 1. The van der Waals surface area contributed by atoms with E-state index < -0.39 is 0 Å². The Hall–Kier alpha value is -1.26. The van der Waals surface area contributed by atoms with Crippen LogP contribution in [0.1, 0.15) is 76.7 Å². The molecule has 29 heavy (non-hydrogen) atoms. The molecule has 1 N–H and O–H groups in total. The number of carbonyl (C=O) groups excluding carboxylic acids is 1. The van der Waals surface area contributed by atoms with E-state index in [9.17, 15) is 4.79 Å². The average molecular weight is 422 g/mol. The molecule has 0 aromatic heterocycles. The van der Waals surface area contributed by atoms with E-state index in [0.717, 1.165) is 25.2 Å². The van der Waals surface area contributed by atoms with Gasteiger partial charge in [-0.2, -0.15) is 0 Å². The number of fused-ring (bicyclic) bond motifs is 2. The Bertz CT molecular complexity index is 595. The number of rotatable bonds is 10. The van der Waals surface area contributed by atoms with Gasteiger partial charge in [0.15, 0.2) is 0 Å². The fourth-order valence-corrected chi connectivity index (χ4v) is 4.62. The second-order valence-corrected chi connectivity index (χ2v) is 8.78. The van der Waals surface area contributed by atoms with Crippen molar-refractivity contribution in [1.29, 1.82) is 0 Å². The summed E-state index contributed by atoms with van der Waals surface area (Å²) in [5.74, 6) is 0. The molecule has 2 saturated heterocycles. The van der Waals surface area contributed by atoms with Gasteiger partial charge in [0.05, 0.1) is 0 Å². The van der Waals surface area contributed by atoms with Gasteiger partial charge in [-0.1, -0.05) is 64.0 Å². The number of piperazine rings is 1. The molecule has 2 fully saturated rings. The van der Waals surface area contributed by atoms with Crippen LogP contribution in [0.15, 0.2) is 24.3 Å². The van der Waals surface area contributed by atoms with Gasteiger partial charge < -0.3 is 10.2 Å². The predicted octanol–water partition coefficient (Wildman–Crippen LogP) is 5.78. The predicted molar refractivity (Wildman–Crippen MR) is 125 cm³/mol. The molecule has 1 aromatic rings. The average Bonchev–Trinajstić information content (AvgIpc) is 3.07. The molecule has 4 nitrogen and oxygen atoms in total. The molecule has 0 spiro atoms. The molecule has 2 unspecified atom stereocenters. The number of carbonyl (C=O) groups is 1. The molecule has 2 aliphatic rings. The molecule has 0 radical (unpaired) electrons. The SMILES string of the molecule is CCCCCCCCCCc1ccc(N(C)C(=O)N2CC3CCC(C2)N3)cc1.Cl. The topological polar surface area (TPSA) is 35.6 Å². The van der Waals surface area contributed by atoms with E-state index >= 15 is 0 Å². The number of aryl methyl sites for hydroxylation is 1. The second kappa shape index (κ2) is 12.4. The highest BCUT2D eigenvalue weighted by molar-refractivity contribution is 5.91. The number of anilines is 1. The van der Waals surface area contributed by atoms with Crippen LogP contribution in [0.25, 0.3) is 0 Å². The maximum Gasteiger partial charge on any atom is 0.324 e. The van der Waals surface area contributed by atoms with E-state index in [4.69, 9.17) is 0 Å². The van der Waals surface area contributed by atoms with Crippen LogP contribution in [-0.4, -0.2) is 43.2 Å². The van der Waals surface area contributed by atoms with Crippen LogP contribution in [0.3, 0.4) is 0 Å². The van der Waals surface area contributed by atoms with Crippen LogP contribution in [0.5, 0.6) is 0 Å². The van der Waals surface area contributed by atoms with Gasteiger partial charge in [-0.05, 0) is 43.4 Å². The van der Waals surface area contributed by atoms with Gasteiger partial charge in [0.25, 0.3) is 0 Å². The zero-order valence-electron chi connectivity index (χ0n) is 18.4. The van der Waals surface area contributed by atoms with Crippen LogP contribution in [0, 0.1) is 0 Å². The van der Waals surface area contributed by atoms with Crippen molar-refractivity contribution in [2.45, 2.75) is 89.6 Å². The summed E-state index contributed by atoms with van der Waals surface area (Å²) in [5, 5.41) is 3.59. The third kappa shape index (κ3) is 7.18. The van der Waals surface area contributed by atoms with E-state index in [1.165, 1.54) is 69.8 Å². The Balaban J connectivity index is 0.00000300. The molecule has 5 heteroatoms. The lowest BCUT2D eigenvalue weighted by molar-refractivity contribution is 0.182. The highest BCUT2D eigenvalue weighted by atomic mass is 35.5. The van der Waals surface area contributed by atoms with Crippen LogP contribution in [0.4, 0.5) is 10.5 Å². The number of likely N-dealkylation sites (tertiary alicyclic amines) is 1. The molecule has 2 atom stereocenters. The van der Waals surface area contributed by atoms with Crippen molar-refractivity contribution in [2.75, 3.05) is 25.0 Å². The van der Waals surface area contributed by atoms with Gasteiger partial charge in [-0.3, -0.25) is 4.90 Å². The van der Waals surface area contributed by atoms with Crippen LogP contribution in [0.2, 0.25) is 0 Å². The third-order valence-corrected chi connectivity index (χ3v) is 6.42. The molecular formula is C24H40ClN3O. The molecular weight excluding hydrogens is 382 g/mol. The maximum atomic E-state index is 12.9. The van der Waals surface area contributed by atoms with E-state index in [1.54, 1.807) is 0 Å². The van der Waals surface area contributed by atoms with Gasteiger partial charge in [0, 0.05) is 37.9 Å². The minimum absolute atomic E-state index is 0. The van der Waals surface area contributed by atoms with Crippen molar-refractivity contribution in [3.8, 4) is 0 Å². The first-order valence-corrected chi connectivity index (χ1v) is 11.5. The number of unbranched alkanes of at least 4 members (excludes halogenated alkanes) is 7. The van der Waals surface area contributed by atoms with E-state index in [1.807, 2.05) is 16.8 Å². The van der Waals surface area contributed by atoms with Gasteiger partial charge in [-0.25, -0.2) is 4.79 Å². The van der Waals surface area contributed by atoms with Crippen molar-refractivity contribution < 1.29 is 4.79 Å². The lowest BCUT2D eigenvalue weighted by Crippen LogP contribution is -2.55. The zero-order chi connectivity index (χ0) is 19.8. The minimum atomic E-state index is 0. The standard InChI is InChI=1S/C24H39N3O.ClH/c1-3-4-5-6-7-8-9-10-11-20-12-16-23(17-13-20)26(2)24(28)27-18-21-14-15-22(19-27)25-21;/h12-13,16-17,21-22,25H,3-11,14-15,18-19H2,1-2H3;1H. The fourth-order valence-electron chi connectivity index (χ4n) is 4.62. The Morgan fingerprint density at radius 2 is 1.52 bits per heavy atom. The second-order valence-electron chi connectivity index (χ2n) is 8.78. The summed E-state index contributed by atoms with van der Waals surface area (Å²) in [6.07, 6.45) is 14.4. The number of urea groups is 1. The molecule has 2 aliphatic heterocycles. The summed E-state index contributed by atoms with van der Waals surface area (Å²) in [6.45, 7) is 3.96. The van der Waals surface area contributed by atoms with E-state index in [-0.39, 0.29) is 18.4 Å². The van der Waals surface area contributed by atoms with E-state index in [0.29, 0.717) is 12.1 Å². The molecule has 2 heterocycles. The summed E-state index contributed by atoms with van der Waals surface area (Å²) in [6, 6.07) is 9.72. The first-order chi connectivity index (χ1) is 13.7. The summed E-state index contributed by atoms with van der Waals surface area (Å²) in [5.41, 5.74) is 2.38. The quantitative estimate of drug-likeness (QED) is 0.485. The van der Waals surface area contributed by atoms with Crippen molar-refractivity contribution in [3.63, 3.8) is 0 Å². The first kappa shape index (κ1) is 24.0. The summed E-state index contributed by atoms with van der Waals surface area (Å²) >= 11 is 0. The van der Waals surface area contributed by atoms with Gasteiger partial charge in [-0.15, -0.1) is 12.4 Å². The number of hydrogen-bond acceptors (Lipinski definition) is 2. The Morgan fingerprint density at radius 1 is 0.966 bits per heavy atom. The highest BCUT2D eigenvalue weighted by Crippen LogP contribution is 2.23. The summed E-state index contributed by atoms with van der Waals surface area (Å²) in [7, 11) is 1.90. The Labute approximate surface area is 183 Å². The summed E-state index contributed by atoms with van der Waals surface area (Å²) < 4.78 is 0. The number of hydrogen-bond donors (Lipinski definition) is 1. The van der Waals surface area contributed by atoms with Crippen molar-refractivity contribution in [1.82, 2.24) is 10.2 Å². The van der Waals surface area contributed by atoms with Crippen molar-refractivity contribution in [3.05, 3.63) is 29.8 Å². The molecule has 0 saturated carbocycles. The number of nitrogens with one attached hydrogen (secondary N) is 1. The fraction of sp³-hybridized carbons (Fsp3) is 0.708. The molecule has 164 valence electrons. The van der Waals surface area contributed by atoms with Crippen LogP contribution in [-0.2, 0) is 6.42 Å².